The summed E-state index contributed by atoms with van der Waals surface area (Å²) in [6.45, 7) is 4.42. The van der Waals surface area contributed by atoms with Crippen LogP contribution in [-0.4, -0.2) is 28.2 Å². The Morgan fingerprint density at radius 3 is 2.47 bits per heavy atom. The van der Waals surface area contributed by atoms with Crippen molar-refractivity contribution in [2.45, 2.75) is 20.4 Å². The van der Waals surface area contributed by atoms with Gasteiger partial charge in [-0.2, -0.15) is 0 Å². The van der Waals surface area contributed by atoms with E-state index in [0.717, 1.165) is 11.3 Å². The van der Waals surface area contributed by atoms with Crippen LogP contribution in [0.15, 0.2) is 66.1 Å². The van der Waals surface area contributed by atoms with Crippen molar-refractivity contribution in [2.24, 2.45) is 0 Å². The topological polar surface area (TPSA) is 53.5 Å². The Morgan fingerprint density at radius 2 is 1.80 bits per heavy atom. The van der Waals surface area contributed by atoms with Gasteiger partial charge in [0.05, 0.1) is 11.4 Å². The van der Waals surface area contributed by atoms with Crippen molar-refractivity contribution in [1.82, 2.24) is 9.88 Å². The number of benzene rings is 2. The molecule has 3 aromatic rings. The maximum Gasteiger partial charge on any atom is 0.246 e. The van der Waals surface area contributed by atoms with Crippen LogP contribution in [0.5, 0.6) is 0 Å². The summed E-state index contributed by atoms with van der Waals surface area (Å²) in [5.41, 5.74) is 2.28. The van der Waals surface area contributed by atoms with E-state index in [4.69, 9.17) is 11.6 Å². The first kappa shape index (κ1) is 21.7. The van der Waals surface area contributed by atoms with Crippen molar-refractivity contribution in [3.63, 3.8) is 0 Å². The van der Waals surface area contributed by atoms with Gasteiger partial charge >= 0.3 is 0 Å². The summed E-state index contributed by atoms with van der Waals surface area (Å²) < 4.78 is 0. The third-order valence-electron chi connectivity index (χ3n) is 4.44. The first-order chi connectivity index (χ1) is 14.5. The lowest BCUT2D eigenvalue weighted by Gasteiger charge is -2.19. The predicted octanol–water partition coefficient (Wildman–Crippen LogP) is 5.54. The molecule has 0 saturated carbocycles. The third kappa shape index (κ3) is 5.34. The summed E-state index contributed by atoms with van der Waals surface area (Å²) >= 11 is 7.57. The second kappa shape index (κ2) is 10.2. The van der Waals surface area contributed by atoms with E-state index in [-0.39, 0.29) is 11.8 Å². The normalized spacial score (nSPS) is 10.9. The number of para-hydroxylation sites is 1. The number of likely N-dealkylation sites (N-methyl/N-ethyl adjacent to an activating group) is 1. The predicted molar refractivity (Wildman–Crippen MR) is 123 cm³/mol. The third-order valence-corrected chi connectivity index (χ3v) is 5.65. The SMILES string of the molecule is CCN(Cc1ccccc1Cl)C(=O)/C=C/c1csc(N(C(C)=O)c2ccccc2)n1. The maximum absolute atomic E-state index is 12.6. The van der Waals surface area contributed by atoms with Crippen LogP contribution in [0.2, 0.25) is 5.02 Å². The summed E-state index contributed by atoms with van der Waals surface area (Å²) in [5.74, 6) is -0.252. The van der Waals surface area contributed by atoms with Crippen LogP contribution < -0.4 is 4.90 Å². The second-order valence-corrected chi connectivity index (χ2v) is 7.77. The molecule has 1 heterocycles. The molecule has 0 bridgehead atoms. The Morgan fingerprint density at radius 1 is 1.10 bits per heavy atom. The van der Waals surface area contributed by atoms with Crippen molar-refractivity contribution < 1.29 is 9.59 Å². The molecule has 0 aliphatic heterocycles. The van der Waals surface area contributed by atoms with E-state index in [0.29, 0.717) is 28.9 Å². The molecule has 0 fully saturated rings. The number of hydrogen-bond acceptors (Lipinski definition) is 4. The molecule has 2 amide bonds. The van der Waals surface area contributed by atoms with Gasteiger partial charge < -0.3 is 4.90 Å². The van der Waals surface area contributed by atoms with Gasteiger partial charge in [0.1, 0.15) is 0 Å². The number of amides is 2. The second-order valence-electron chi connectivity index (χ2n) is 6.52. The molecule has 30 heavy (non-hydrogen) atoms. The summed E-state index contributed by atoms with van der Waals surface area (Å²) in [6, 6.07) is 16.8. The minimum atomic E-state index is -0.126. The summed E-state index contributed by atoms with van der Waals surface area (Å²) in [4.78, 5) is 32.6. The van der Waals surface area contributed by atoms with Crippen LogP contribution in [-0.2, 0) is 16.1 Å². The van der Waals surface area contributed by atoms with Gasteiger partial charge in [-0.15, -0.1) is 11.3 Å². The fraction of sp³-hybridized carbons (Fsp3) is 0.174. The van der Waals surface area contributed by atoms with Crippen LogP contribution in [0.3, 0.4) is 0 Å². The summed E-state index contributed by atoms with van der Waals surface area (Å²) in [5, 5.41) is 3.02. The van der Waals surface area contributed by atoms with E-state index in [9.17, 15) is 9.59 Å². The Balaban J connectivity index is 1.73. The zero-order valence-corrected chi connectivity index (χ0v) is 18.4. The standard InChI is InChI=1S/C23H22ClN3O2S/c1-3-26(15-18-9-7-8-12-21(18)24)22(29)14-13-19-16-30-23(25-19)27(17(2)28)20-10-5-4-6-11-20/h4-14,16H,3,15H2,1-2H3/b14-13+. The van der Waals surface area contributed by atoms with Gasteiger partial charge in [0, 0.05) is 36.5 Å². The first-order valence-corrected chi connectivity index (χ1v) is 10.8. The Hall–Kier alpha value is -2.96. The number of thiazole rings is 1. The average Bonchev–Trinajstić information content (AvgIpc) is 3.20. The fourth-order valence-corrected chi connectivity index (χ4v) is 3.95. The molecule has 0 N–H and O–H groups in total. The highest BCUT2D eigenvalue weighted by Gasteiger charge is 2.17. The smallest absolute Gasteiger partial charge is 0.246 e. The highest BCUT2D eigenvalue weighted by molar-refractivity contribution is 7.14. The highest BCUT2D eigenvalue weighted by Crippen LogP contribution is 2.29. The van der Waals surface area contributed by atoms with Crippen LogP contribution in [0.25, 0.3) is 6.08 Å². The number of hydrogen-bond donors (Lipinski definition) is 0. The quantitative estimate of drug-likeness (QED) is 0.454. The van der Waals surface area contributed by atoms with Gasteiger partial charge in [-0.3, -0.25) is 14.5 Å². The molecule has 0 radical (unpaired) electrons. The minimum absolute atomic E-state index is 0.126. The zero-order valence-electron chi connectivity index (χ0n) is 16.8. The molecule has 7 heteroatoms. The fourth-order valence-electron chi connectivity index (χ4n) is 2.90. The van der Waals surface area contributed by atoms with Gasteiger partial charge in [-0.1, -0.05) is 48.0 Å². The van der Waals surface area contributed by atoms with Crippen LogP contribution in [0, 0.1) is 0 Å². The first-order valence-electron chi connectivity index (χ1n) is 9.51. The van der Waals surface area contributed by atoms with E-state index < -0.39 is 0 Å². The number of rotatable bonds is 7. The van der Waals surface area contributed by atoms with Gasteiger partial charge in [0.15, 0.2) is 5.13 Å². The van der Waals surface area contributed by atoms with Crippen molar-refractivity contribution in [1.29, 1.82) is 0 Å². The molecule has 0 unspecified atom stereocenters. The number of carbonyl (C=O) groups is 2. The molecule has 0 spiro atoms. The molecule has 5 nitrogen and oxygen atoms in total. The number of halogens is 1. The van der Waals surface area contributed by atoms with Crippen molar-refractivity contribution in [3.05, 3.63) is 82.3 Å². The molecule has 0 aliphatic rings. The number of carbonyl (C=O) groups excluding carboxylic acids is 2. The molecule has 154 valence electrons. The van der Waals surface area contributed by atoms with Crippen molar-refractivity contribution in [3.8, 4) is 0 Å². The molecule has 0 atom stereocenters. The molecule has 1 aromatic heterocycles. The highest BCUT2D eigenvalue weighted by atomic mass is 35.5. The Kier molecular flexibility index (Phi) is 7.38. The number of nitrogens with zero attached hydrogens (tertiary/aromatic N) is 3. The molecule has 3 rings (SSSR count). The van der Waals surface area contributed by atoms with Crippen LogP contribution in [0.1, 0.15) is 25.1 Å². The summed E-state index contributed by atoms with van der Waals surface area (Å²) in [7, 11) is 0. The monoisotopic (exact) mass is 439 g/mol. The van der Waals surface area contributed by atoms with E-state index in [2.05, 4.69) is 4.98 Å². The van der Waals surface area contributed by atoms with Crippen LogP contribution in [0.4, 0.5) is 10.8 Å². The molecular weight excluding hydrogens is 418 g/mol. The summed E-state index contributed by atoms with van der Waals surface area (Å²) in [6.07, 6.45) is 3.17. The largest absolute Gasteiger partial charge is 0.335 e. The van der Waals surface area contributed by atoms with Crippen LogP contribution >= 0.6 is 22.9 Å². The lowest BCUT2D eigenvalue weighted by molar-refractivity contribution is -0.126. The minimum Gasteiger partial charge on any atom is -0.335 e. The lowest BCUT2D eigenvalue weighted by atomic mass is 10.2. The lowest BCUT2D eigenvalue weighted by Crippen LogP contribution is -2.28. The van der Waals surface area contributed by atoms with Gasteiger partial charge in [-0.25, -0.2) is 4.98 Å². The number of aromatic nitrogens is 1. The Labute approximate surface area is 185 Å². The van der Waals surface area contributed by atoms with E-state index in [1.54, 1.807) is 15.9 Å². The zero-order chi connectivity index (χ0) is 21.5. The van der Waals surface area contributed by atoms with E-state index >= 15 is 0 Å². The van der Waals surface area contributed by atoms with Gasteiger partial charge in [-0.05, 0) is 36.8 Å². The average molecular weight is 440 g/mol. The maximum atomic E-state index is 12.6. The van der Waals surface area contributed by atoms with E-state index in [1.165, 1.54) is 24.3 Å². The number of anilines is 2. The molecular formula is C23H22ClN3O2S. The molecule has 2 aromatic carbocycles. The van der Waals surface area contributed by atoms with Crippen molar-refractivity contribution >= 4 is 51.6 Å². The van der Waals surface area contributed by atoms with Gasteiger partial charge in [0.2, 0.25) is 11.8 Å². The van der Waals surface area contributed by atoms with Gasteiger partial charge in [0.25, 0.3) is 0 Å². The Bertz CT molecular complexity index is 1050. The molecule has 0 aliphatic carbocycles. The van der Waals surface area contributed by atoms with E-state index in [1.807, 2.05) is 66.9 Å². The molecule has 0 saturated heterocycles. The van der Waals surface area contributed by atoms with Crippen molar-refractivity contribution in [2.75, 3.05) is 11.4 Å².